The molecule has 1 N–H and O–H groups in total. The molecule has 0 aliphatic rings. The molecule has 3 rings (SSSR count). The van der Waals surface area contributed by atoms with Gasteiger partial charge in [-0.25, -0.2) is 9.67 Å². The fourth-order valence-corrected chi connectivity index (χ4v) is 2.60. The normalized spacial score (nSPS) is 11.5. The monoisotopic (exact) mass is 363 g/mol. The lowest BCUT2D eigenvalue weighted by Gasteiger charge is -2.09. The van der Waals surface area contributed by atoms with Crippen LogP contribution in [0.3, 0.4) is 0 Å². The first-order valence-electron chi connectivity index (χ1n) is 7.44. The number of aromatic nitrogens is 5. The van der Waals surface area contributed by atoms with Crippen LogP contribution in [-0.2, 0) is 19.8 Å². The summed E-state index contributed by atoms with van der Waals surface area (Å²) in [7, 11) is 1.05. The van der Waals surface area contributed by atoms with E-state index in [0.29, 0.717) is 27.8 Å². The number of halogens is 3. The van der Waals surface area contributed by atoms with E-state index in [9.17, 15) is 18.0 Å². The molecule has 134 valence electrons. The van der Waals surface area contributed by atoms with E-state index in [2.05, 4.69) is 20.6 Å². The summed E-state index contributed by atoms with van der Waals surface area (Å²) in [6.45, 7) is 2.20. The maximum atomic E-state index is 13.1. The van der Waals surface area contributed by atoms with Crippen molar-refractivity contribution >= 4 is 22.9 Å². The number of carbonyl (C=O) groups is 1. The molecule has 2 aromatic heterocycles. The van der Waals surface area contributed by atoms with E-state index in [1.165, 1.54) is 6.07 Å². The van der Waals surface area contributed by atoms with E-state index in [1.54, 1.807) is 23.6 Å². The molecule has 0 bridgehead atoms. The van der Waals surface area contributed by atoms with Crippen molar-refractivity contribution in [3.05, 3.63) is 35.2 Å². The number of hydrogen-bond donors (Lipinski definition) is 1. The van der Waals surface area contributed by atoms with Crippen molar-refractivity contribution in [1.29, 1.82) is 5.26 Å². The maximum absolute atomic E-state index is 13.1. The fraction of sp³-hybridized carbons (Fsp3) is 0.267. The third kappa shape index (κ3) is 2.85. The zero-order valence-corrected chi connectivity index (χ0v) is 13.7. The minimum absolute atomic E-state index is 0.0568. The summed E-state index contributed by atoms with van der Waals surface area (Å²) >= 11 is 0. The van der Waals surface area contributed by atoms with Gasteiger partial charge in [-0.05, 0) is 25.1 Å². The average Bonchev–Trinajstić information content (AvgIpc) is 3.13. The lowest BCUT2D eigenvalue weighted by Crippen LogP contribution is -2.22. The van der Waals surface area contributed by atoms with Crippen LogP contribution in [0.2, 0.25) is 0 Å². The summed E-state index contributed by atoms with van der Waals surface area (Å²) in [5.74, 6) is -1.02. The van der Waals surface area contributed by atoms with E-state index >= 15 is 0 Å². The summed E-state index contributed by atoms with van der Waals surface area (Å²) in [6.07, 6.45) is -4.78. The molecule has 0 aliphatic carbocycles. The quantitative estimate of drug-likeness (QED) is 0.770. The molecule has 26 heavy (non-hydrogen) atoms. The predicted molar refractivity (Wildman–Crippen MR) is 84.1 cm³/mol. The molecule has 0 radical (unpaired) electrons. The molecular weight excluding hydrogens is 351 g/mol. The molecule has 0 atom stereocenters. The van der Waals surface area contributed by atoms with Gasteiger partial charge in [-0.3, -0.25) is 10.1 Å². The molecule has 1 amide bonds. The van der Waals surface area contributed by atoms with Crippen LogP contribution in [0.1, 0.15) is 28.7 Å². The van der Waals surface area contributed by atoms with Crippen LogP contribution in [-0.4, -0.2) is 30.5 Å². The third-order valence-electron chi connectivity index (χ3n) is 3.73. The number of alkyl halides is 3. The molecule has 11 heteroatoms. The Balaban J connectivity index is 2.02. The molecule has 0 saturated heterocycles. The summed E-state index contributed by atoms with van der Waals surface area (Å²) in [4.78, 5) is 16.5. The molecule has 0 spiro atoms. The first-order chi connectivity index (χ1) is 12.3. The van der Waals surface area contributed by atoms with Gasteiger partial charge in [0.05, 0.1) is 22.7 Å². The number of nitrogens with zero attached hydrogens (tertiary/aromatic N) is 6. The van der Waals surface area contributed by atoms with Gasteiger partial charge in [0.25, 0.3) is 5.91 Å². The zero-order chi connectivity index (χ0) is 19.1. The summed E-state index contributed by atoms with van der Waals surface area (Å²) in [5, 5.41) is 17.9. The second-order valence-corrected chi connectivity index (χ2v) is 5.36. The van der Waals surface area contributed by atoms with Crippen molar-refractivity contribution < 1.29 is 18.0 Å². The van der Waals surface area contributed by atoms with Crippen LogP contribution in [0.25, 0.3) is 11.0 Å². The molecule has 0 aliphatic heterocycles. The van der Waals surface area contributed by atoms with E-state index in [4.69, 9.17) is 5.26 Å². The minimum atomic E-state index is -4.78. The zero-order valence-electron chi connectivity index (χ0n) is 13.7. The van der Waals surface area contributed by atoms with Gasteiger partial charge >= 0.3 is 6.18 Å². The van der Waals surface area contributed by atoms with E-state index < -0.39 is 23.5 Å². The second kappa shape index (κ2) is 6.14. The number of fused-ring (bicyclic) bond motifs is 1. The van der Waals surface area contributed by atoms with Gasteiger partial charge in [-0.15, -0.1) is 5.10 Å². The number of amides is 1. The first-order valence-corrected chi connectivity index (χ1v) is 7.44. The fourth-order valence-electron chi connectivity index (χ4n) is 2.60. The van der Waals surface area contributed by atoms with Crippen molar-refractivity contribution in [1.82, 2.24) is 24.5 Å². The van der Waals surface area contributed by atoms with Crippen LogP contribution in [0.5, 0.6) is 0 Å². The Bertz CT molecular complexity index is 1040. The largest absolute Gasteiger partial charge is 0.435 e. The molecular formula is C15H12F3N7O. The molecule has 8 nitrogen and oxygen atoms in total. The Morgan fingerprint density at radius 3 is 2.73 bits per heavy atom. The standard InChI is InChI=1S/C15H12F3N7O/c1-3-25-10-5-4-8(7-19)6-9(10)20-14(25)21-13(26)11-12(15(16,17)18)24(2)23-22-11/h4-6H,3H2,1-2H3,(H,20,21,26). The van der Waals surface area contributed by atoms with Gasteiger partial charge in [0, 0.05) is 13.6 Å². The second-order valence-electron chi connectivity index (χ2n) is 5.36. The van der Waals surface area contributed by atoms with Gasteiger partial charge < -0.3 is 4.57 Å². The minimum Gasteiger partial charge on any atom is -0.310 e. The number of anilines is 1. The SMILES string of the molecule is CCn1c(NC(=O)c2nnn(C)c2C(F)(F)F)nc2cc(C#N)ccc21. The molecule has 0 unspecified atom stereocenters. The number of hydrogen-bond acceptors (Lipinski definition) is 5. The highest BCUT2D eigenvalue weighted by molar-refractivity contribution is 6.03. The number of carbonyl (C=O) groups excluding carboxylic acids is 1. The van der Waals surface area contributed by atoms with Gasteiger partial charge in [-0.2, -0.15) is 18.4 Å². The maximum Gasteiger partial charge on any atom is 0.435 e. The number of nitrogens with one attached hydrogen (secondary N) is 1. The Hall–Kier alpha value is -3.42. The van der Waals surface area contributed by atoms with Crippen molar-refractivity contribution in [3.63, 3.8) is 0 Å². The first kappa shape index (κ1) is 17.4. The van der Waals surface area contributed by atoms with Gasteiger partial charge in [0.1, 0.15) is 0 Å². The number of benzene rings is 1. The van der Waals surface area contributed by atoms with Gasteiger partial charge in [0.2, 0.25) is 5.95 Å². The number of rotatable bonds is 3. The Morgan fingerprint density at radius 2 is 2.12 bits per heavy atom. The van der Waals surface area contributed by atoms with Crippen molar-refractivity contribution in [2.24, 2.45) is 7.05 Å². The van der Waals surface area contributed by atoms with Gasteiger partial charge in [0.15, 0.2) is 11.4 Å². The van der Waals surface area contributed by atoms with Crippen molar-refractivity contribution in [2.45, 2.75) is 19.6 Å². The van der Waals surface area contributed by atoms with E-state index in [1.807, 2.05) is 6.07 Å². The molecule has 0 fully saturated rings. The van der Waals surface area contributed by atoms with Crippen molar-refractivity contribution in [3.8, 4) is 6.07 Å². The lowest BCUT2D eigenvalue weighted by molar-refractivity contribution is -0.144. The Kier molecular flexibility index (Phi) is 4.11. The van der Waals surface area contributed by atoms with Crippen LogP contribution < -0.4 is 5.32 Å². The highest BCUT2D eigenvalue weighted by Crippen LogP contribution is 2.31. The predicted octanol–water partition coefficient (Wildman–Crippen LogP) is 2.33. The van der Waals surface area contributed by atoms with E-state index in [-0.39, 0.29) is 5.95 Å². The summed E-state index contributed by atoms with van der Waals surface area (Å²) < 4.78 is 41.4. The van der Waals surface area contributed by atoms with Gasteiger partial charge in [-0.1, -0.05) is 5.21 Å². The molecule has 1 aromatic carbocycles. The van der Waals surface area contributed by atoms with Crippen LogP contribution in [0.4, 0.5) is 19.1 Å². The Labute approximate surface area is 144 Å². The van der Waals surface area contributed by atoms with Crippen molar-refractivity contribution in [2.75, 3.05) is 5.32 Å². The van der Waals surface area contributed by atoms with Crippen LogP contribution >= 0.6 is 0 Å². The summed E-state index contributed by atoms with van der Waals surface area (Å²) in [6, 6.07) is 6.75. The smallest absolute Gasteiger partial charge is 0.310 e. The Morgan fingerprint density at radius 1 is 1.38 bits per heavy atom. The van der Waals surface area contributed by atoms with Crippen LogP contribution in [0.15, 0.2) is 18.2 Å². The highest BCUT2D eigenvalue weighted by Gasteiger charge is 2.40. The number of imidazole rings is 1. The van der Waals surface area contributed by atoms with Crippen LogP contribution in [0, 0.1) is 11.3 Å². The molecule has 0 saturated carbocycles. The third-order valence-corrected chi connectivity index (χ3v) is 3.73. The highest BCUT2D eigenvalue weighted by atomic mass is 19.4. The average molecular weight is 363 g/mol. The molecule has 2 heterocycles. The lowest BCUT2D eigenvalue weighted by atomic mass is 10.2. The number of nitriles is 1. The topological polar surface area (TPSA) is 101 Å². The van der Waals surface area contributed by atoms with E-state index in [0.717, 1.165) is 7.05 Å². The summed E-state index contributed by atoms with van der Waals surface area (Å²) in [5.41, 5.74) is -0.633. The number of aryl methyl sites for hydroxylation is 2. The molecule has 3 aromatic rings.